The van der Waals surface area contributed by atoms with Crippen LogP contribution in [0.3, 0.4) is 0 Å². The van der Waals surface area contributed by atoms with Gasteiger partial charge in [0.1, 0.15) is 6.61 Å². The molecule has 0 rings (SSSR count). The monoisotopic (exact) mass is 427 g/mol. The second-order valence-corrected chi connectivity index (χ2v) is 9.72. The smallest absolute Gasteiger partial charge is 0.245 e. The van der Waals surface area contributed by atoms with Gasteiger partial charge in [-0.05, 0) is 45.4 Å². The van der Waals surface area contributed by atoms with Gasteiger partial charge in [0.2, 0.25) is 11.8 Å². The van der Waals surface area contributed by atoms with Crippen molar-refractivity contribution >= 4 is 11.8 Å². The molecule has 0 heterocycles. The first-order valence-electron chi connectivity index (χ1n) is 11.0. The number of carbonyl (C=O) groups excluding carboxylic acids is 2. The predicted molar refractivity (Wildman–Crippen MR) is 122 cm³/mol. The molecule has 0 aliphatic heterocycles. The molecule has 2 amide bonds. The maximum atomic E-state index is 11.8. The number of unbranched alkanes of at least 4 members (excludes halogenated alkanes) is 1. The summed E-state index contributed by atoms with van der Waals surface area (Å²) in [5.74, 6) is -0.191. The molecule has 0 radical (unpaired) electrons. The maximum absolute atomic E-state index is 11.8. The van der Waals surface area contributed by atoms with Crippen molar-refractivity contribution in [3.63, 3.8) is 0 Å². The molecule has 0 aliphatic carbocycles. The Morgan fingerprint density at radius 1 is 0.900 bits per heavy atom. The number of nitrogens with one attached hydrogen (secondary N) is 3. The highest BCUT2D eigenvalue weighted by molar-refractivity contribution is 5.77. The minimum absolute atomic E-state index is 0.0259. The van der Waals surface area contributed by atoms with Gasteiger partial charge in [-0.2, -0.15) is 0 Å². The normalized spacial score (nSPS) is 13.0. The molecule has 30 heavy (non-hydrogen) atoms. The molecule has 176 valence electrons. The first-order chi connectivity index (χ1) is 13.8. The van der Waals surface area contributed by atoms with Crippen molar-refractivity contribution in [2.45, 2.75) is 79.3 Å². The van der Waals surface area contributed by atoms with Crippen LogP contribution in [-0.2, 0) is 19.1 Å². The topological polar surface area (TPSA) is 88.7 Å². The van der Waals surface area contributed by atoms with Gasteiger partial charge >= 0.3 is 0 Å². The Hall–Kier alpha value is -1.44. The number of hydrogen-bond donors (Lipinski definition) is 3. The van der Waals surface area contributed by atoms with Crippen LogP contribution < -0.4 is 16.0 Å². The fourth-order valence-electron chi connectivity index (χ4n) is 2.82. The number of carbonyl (C=O) groups is 2. The van der Waals surface area contributed by atoms with Crippen LogP contribution in [0.1, 0.15) is 67.7 Å². The molecule has 0 aliphatic rings. The van der Waals surface area contributed by atoms with Gasteiger partial charge in [0, 0.05) is 31.6 Å². The van der Waals surface area contributed by atoms with Crippen molar-refractivity contribution in [1.29, 1.82) is 0 Å². The van der Waals surface area contributed by atoms with Gasteiger partial charge in [-0.15, -0.1) is 0 Å². The van der Waals surface area contributed by atoms with E-state index in [0.29, 0.717) is 32.9 Å². The molecule has 0 aromatic carbocycles. The number of rotatable bonds is 15. The van der Waals surface area contributed by atoms with E-state index in [1.54, 1.807) is 0 Å². The zero-order chi connectivity index (χ0) is 23.2. The molecule has 0 unspecified atom stereocenters. The molecule has 0 bridgehead atoms. The summed E-state index contributed by atoms with van der Waals surface area (Å²) in [4.78, 5) is 22.5. The van der Waals surface area contributed by atoms with Crippen molar-refractivity contribution in [3.05, 3.63) is 12.2 Å². The largest absolute Gasteiger partial charge is 0.377 e. The summed E-state index contributed by atoms with van der Waals surface area (Å²) in [6.45, 7) is 21.2. The van der Waals surface area contributed by atoms with E-state index in [4.69, 9.17) is 9.47 Å². The van der Waals surface area contributed by atoms with Gasteiger partial charge in [0.25, 0.3) is 0 Å². The third-order valence-corrected chi connectivity index (χ3v) is 4.46. The highest BCUT2D eigenvalue weighted by Crippen LogP contribution is 2.29. The highest BCUT2D eigenvalue weighted by Gasteiger charge is 2.26. The summed E-state index contributed by atoms with van der Waals surface area (Å²) in [6, 6.07) is 0.259. The quantitative estimate of drug-likeness (QED) is 0.276. The third kappa shape index (κ3) is 16.4. The predicted octanol–water partition coefficient (Wildman–Crippen LogP) is 2.80. The molecule has 0 spiro atoms. The van der Waals surface area contributed by atoms with E-state index in [9.17, 15) is 9.59 Å². The minimum atomic E-state index is -0.114. The standard InChI is InChI=1S/C23H45N3O4/c1-18(22(3,4)5)20(26-23(6,7)8)11-9-10-12-25-21(28)17-30-16-15-29-14-13-24-19(2)27/h20,26H,1,9-17H2,2-8H3,(H,24,27)(H,25,28)/t20-/m0/s1. The van der Waals surface area contributed by atoms with Gasteiger partial charge in [-0.1, -0.05) is 32.9 Å². The minimum Gasteiger partial charge on any atom is -0.377 e. The molecule has 3 N–H and O–H groups in total. The maximum Gasteiger partial charge on any atom is 0.245 e. The summed E-state index contributed by atoms with van der Waals surface area (Å²) in [6.07, 6.45) is 2.92. The fraction of sp³-hybridized carbons (Fsp3) is 0.826. The fourth-order valence-corrected chi connectivity index (χ4v) is 2.82. The molecular formula is C23H45N3O4. The molecule has 0 fully saturated rings. The Bertz CT molecular complexity index is 522. The average Bonchev–Trinajstić information content (AvgIpc) is 2.60. The molecule has 7 heteroatoms. The van der Waals surface area contributed by atoms with E-state index in [1.165, 1.54) is 12.5 Å². The van der Waals surface area contributed by atoms with Gasteiger partial charge < -0.3 is 25.4 Å². The van der Waals surface area contributed by atoms with Crippen LogP contribution in [0.25, 0.3) is 0 Å². The van der Waals surface area contributed by atoms with Gasteiger partial charge in [0.05, 0.1) is 19.8 Å². The number of amides is 2. The molecule has 0 aromatic heterocycles. The summed E-state index contributed by atoms with van der Waals surface area (Å²) >= 11 is 0. The van der Waals surface area contributed by atoms with Crippen molar-refractivity contribution in [1.82, 2.24) is 16.0 Å². The van der Waals surface area contributed by atoms with Crippen molar-refractivity contribution in [2.24, 2.45) is 5.41 Å². The molecule has 0 saturated carbocycles. The van der Waals surface area contributed by atoms with Gasteiger partial charge in [-0.3, -0.25) is 9.59 Å². The Kier molecular flexibility index (Phi) is 13.8. The van der Waals surface area contributed by atoms with Crippen LogP contribution in [0.4, 0.5) is 0 Å². The second kappa shape index (κ2) is 14.5. The zero-order valence-corrected chi connectivity index (χ0v) is 20.3. The second-order valence-electron chi connectivity index (χ2n) is 9.72. The van der Waals surface area contributed by atoms with E-state index >= 15 is 0 Å². The summed E-state index contributed by atoms with van der Waals surface area (Å²) in [7, 11) is 0. The summed E-state index contributed by atoms with van der Waals surface area (Å²) in [5, 5.41) is 9.22. The Morgan fingerprint density at radius 2 is 1.53 bits per heavy atom. The van der Waals surface area contributed by atoms with Crippen LogP contribution in [0.5, 0.6) is 0 Å². The number of hydrogen-bond acceptors (Lipinski definition) is 5. The van der Waals surface area contributed by atoms with E-state index in [1.807, 2.05) is 0 Å². The highest BCUT2D eigenvalue weighted by atomic mass is 16.5. The SMILES string of the molecule is C=C([C@H](CCCCNC(=O)COCCOCCNC(C)=O)NC(C)(C)C)C(C)(C)C. The number of ether oxygens (including phenoxy) is 2. The molecule has 7 nitrogen and oxygen atoms in total. The van der Waals surface area contributed by atoms with Gasteiger partial charge in [0.15, 0.2) is 0 Å². The molecule has 1 atom stereocenters. The third-order valence-electron chi connectivity index (χ3n) is 4.46. The first-order valence-corrected chi connectivity index (χ1v) is 11.0. The zero-order valence-electron chi connectivity index (χ0n) is 20.3. The van der Waals surface area contributed by atoms with Gasteiger partial charge in [-0.25, -0.2) is 0 Å². The Morgan fingerprint density at radius 3 is 2.10 bits per heavy atom. The lowest BCUT2D eigenvalue weighted by Crippen LogP contribution is -2.46. The van der Waals surface area contributed by atoms with E-state index in [-0.39, 0.29) is 35.4 Å². The average molecular weight is 428 g/mol. The lowest BCUT2D eigenvalue weighted by atomic mass is 9.81. The van der Waals surface area contributed by atoms with Crippen LogP contribution in [0, 0.1) is 5.41 Å². The molecule has 0 saturated heterocycles. The summed E-state index contributed by atoms with van der Waals surface area (Å²) in [5.41, 5.74) is 1.30. The Balaban J connectivity index is 3.91. The van der Waals surface area contributed by atoms with E-state index in [2.05, 4.69) is 64.1 Å². The Labute approximate surface area is 183 Å². The molecular weight excluding hydrogens is 382 g/mol. The van der Waals surface area contributed by atoms with Crippen molar-refractivity contribution in [3.8, 4) is 0 Å². The van der Waals surface area contributed by atoms with E-state index in [0.717, 1.165) is 19.3 Å². The van der Waals surface area contributed by atoms with Crippen molar-refractivity contribution in [2.75, 3.05) is 39.5 Å². The van der Waals surface area contributed by atoms with Crippen LogP contribution in [0.15, 0.2) is 12.2 Å². The lowest BCUT2D eigenvalue weighted by Gasteiger charge is -2.35. The van der Waals surface area contributed by atoms with Crippen molar-refractivity contribution < 1.29 is 19.1 Å². The van der Waals surface area contributed by atoms with Crippen LogP contribution in [-0.4, -0.2) is 62.9 Å². The first kappa shape index (κ1) is 28.6. The van der Waals surface area contributed by atoms with E-state index < -0.39 is 0 Å². The lowest BCUT2D eigenvalue weighted by molar-refractivity contribution is -0.126. The summed E-state index contributed by atoms with van der Waals surface area (Å²) < 4.78 is 10.6. The molecule has 0 aromatic rings. The van der Waals surface area contributed by atoms with Crippen LogP contribution in [0.2, 0.25) is 0 Å². The van der Waals surface area contributed by atoms with Crippen LogP contribution >= 0.6 is 0 Å².